The van der Waals surface area contributed by atoms with Crippen LogP contribution in [0.4, 0.5) is 15.8 Å². The molecule has 3 nitrogen and oxygen atoms in total. The van der Waals surface area contributed by atoms with Gasteiger partial charge in [-0.2, -0.15) is 0 Å². The number of anilines is 2. The fraction of sp³-hybridized carbons (Fsp3) is 0.182. The highest BCUT2D eigenvalue weighted by Gasteiger charge is 2.11. The van der Waals surface area contributed by atoms with Crippen molar-refractivity contribution >= 4 is 34.3 Å². The molecule has 0 unspecified atom stereocenters. The molecule has 1 aromatic carbocycles. The average molecular weight is 272 g/mol. The fourth-order valence-electron chi connectivity index (χ4n) is 1.41. The van der Waals surface area contributed by atoms with Gasteiger partial charge in [-0.25, -0.2) is 9.37 Å². The Hall–Kier alpha value is -1.33. The molecular weight excluding hydrogens is 261 g/mol. The molecule has 0 fully saturated rings. The van der Waals surface area contributed by atoms with Crippen molar-refractivity contribution in [2.24, 2.45) is 0 Å². The van der Waals surface area contributed by atoms with Gasteiger partial charge in [0.25, 0.3) is 0 Å². The van der Waals surface area contributed by atoms with E-state index in [0.29, 0.717) is 12.2 Å². The maximum Gasteiger partial charge on any atom is 0.166 e. The van der Waals surface area contributed by atoms with Crippen LogP contribution >= 0.6 is 22.9 Å². The first-order valence-corrected chi connectivity index (χ1v) is 6.21. The number of benzene rings is 1. The molecule has 0 bridgehead atoms. The van der Waals surface area contributed by atoms with E-state index in [0.717, 1.165) is 10.6 Å². The lowest BCUT2D eigenvalue weighted by Gasteiger charge is -2.10. The fourth-order valence-corrected chi connectivity index (χ4v) is 2.28. The molecule has 0 amide bonds. The monoisotopic (exact) mass is 271 g/mol. The number of halogens is 2. The van der Waals surface area contributed by atoms with Gasteiger partial charge in [0.1, 0.15) is 0 Å². The number of nitrogens with zero attached hydrogens (tertiary/aromatic N) is 1. The van der Waals surface area contributed by atoms with Gasteiger partial charge >= 0.3 is 0 Å². The number of nitrogen functional groups attached to an aromatic ring is 1. The summed E-state index contributed by atoms with van der Waals surface area (Å²) >= 11 is 7.21. The van der Waals surface area contributed by atoms with Crippen molar-refractivity contribution < 1.29 is 4.39 Å². The molecule has 0 radical (unpaired) electrons. The van der Waals surface area contributed by atoms with Crippen LogP contribution in [0.25, 0.3) is 0 Å². The van der Waals surface area contributed by atoms with Crippen molar-refractivity contribution in [1.29, 1.82) is 0 Å². The van der Waals surface area contributed by atoms with Crippen molar-refractivity contribution in [2.75, 3.05) is 11.1 Å². The van der Waals surface area contributed by atoms with Crippen LogP contribution in [0.5, 0.6) is 0 Å². The number of rotatable bonds is 3. The highest BCUT2D eigenvalue weighted by Crippen LogP contribution is 2.29. The maximum atomic E-state index is 13.7. The van der Waals surface area contributed by atoms with E-state index in [-0.39, 0.29) is 10.7 Å². The average Bonchev–Trinajstić information content (AvgIpc) is 2.70. The minimum Gasteiger partial charge on any atom is -0.397 e. The van der Waals surface area contributed by atoms with Gasteiger partial charge in [0.05, 0.1) is 34.1 Å². The number of hydrogen-bond donors (Lipinski definition) is 2. The largest absolute Gasteiger partial charge is 0.397 e. The zero-order chi connectivity index (χ0) is 12.4. The Morgan fingerprint density at radius 2 is 2.29 bits per heavy atom. The summed E-state index contributed by atoms with van der Waals surface area (Å²) in [4.78, 5) is 5.16. The van der Waals surface area contributed by atoms with E-state index in [9.17, 15) is 4.39 Å². The van der Waals surface area contributed by atoms with E-state index in [4.69, 9.17) is 17.3 Å². The van der Waals surface area contributed by atoms with Gasteiger partial charge in [-0.05, 0) is 19.1 Å². The smallest absolute Gasteiger partial charge is 0.166 e. The summed E-state index contributed by atoms with van der Waals surface area (Å²) in [5.41, 5.74) is 8.96. The third kappa shape index (κ3) is 2.50. The first-order valence-electron chi connectivity index (χ1n) is 4.96. The molecule has 2 rings (SSSR count). The second-order valence-corrected chi connectivity index (χ2v) is 4.89. The molecule has 0 saturated heterocycles. The number of aryl methyl sites for hydroxylation is 1. The number of nitrogens with two attached hydrogens (primary N) is 1. The highest BCUT2D eigenvalue weighted by molar-refractivity contribution is 7.09. The molecule has 0 atom stereocenters. The van der Waals surface area contributed by atoms with Crippen LogP contribution < -0.4 is 11.1 Å². The Labute approximate surface area is 107 Å². The molecule has 1 heterocycles. The van der Waals surface area contributed by atoms with Crippen molar-refractivity contribution in [3.05, 3.63) is 39.1 Å². The molecule has 17 heavy (non-hydrogen) atoms. The van der Waals surface area contributed by atoms with Crippen LogP contribution in [-0.2, 0) is 6.54 Å². The molecule has 3 N–H and O–H groups in total. The number of hydrogen-bond acceptors (Lipinski definition) is 4. The van der Waals surface area contributed by atoms with Crippen LogP contribution in [0.3, 0.4) is 0 Å². The minimum atomic E-state index is -0.520. The summed E-state index contributed by atoms with van der Waals surface area (Å²) in [5.74, 6) is -0.520. The first-order chi connectivity index (χ1) is 8.09. The molecular formula is C11H11ClFN3S. The number of thiazole rings is 1. The predicted molar refractivity (Wildman–Crippen MR) is 70.0 cm³/mol. The molecule has 2 aromatic rings. The molecule has 0 saturated carbocycles. The van der Waals surface area contributed by atoms with Crippen LogP contribution in [0, 0.1) is 12.7 Å². The molecule has 1 aromatic heterocycles. The van der Waals surface area contributed by atoms with Gasteiger partial charge in [-0.1, -0.05) is 11.6 Å². The van der Waals surface area contributed by atoms with Gasteiger partial charge < -0.3 is 11.1 Å². The Morgan fingerprint density at radius 1 is 1.53 bits per heavy atom. The second kappa shape index (κ2) is 4.89. The molecule has 90 valence electrons. The van der Waals surface area contributed by atoms with Gasteiger partial charge in [0.15, 0.2) is 5.82 Å². The van der Waals surface area contributed by atoms with Crippen LogP contribution in [0.1, 0.15) is 10.6 Å². The Balaban J connectivity index is 2.20. The van der Waals surface area contributed by atoms with Crippen molar-refractivity contribution in [1.82, 2.24) is 4.98 Å². The minimum absolute atomic E-state index is 0.0581. The topological polar surface area (TPSA) is 50.9 Å². The highest BCUT2D eigenvalue weighted by atomic mass is 35.5. The predicted octanol–water partition coefficient (Wildman–Crippen LogP) is 3.44. The SMILES string of the molecule is Cc1ncsc1CNc1c(N)ccc(Cl)c1F. The summed E-state index contributed by atoms with van der Waals surface area (Å²) in [6, 6.07) is 3.02. The van der Waals surface area contributed by atoms with Gasteiger partial charge in [-0.3, -0.25) is 0 Å². The van der Waals surface area contributed by atoms with E-state index in [1.54, 1.807) is 11.6 Å². The second-order valence-electron chi connectivity index (χ2n) is 3.54. The molecule has 6 heteroatoms. The Morgan fingerprint density at radius 3 is 2.94 bits per heavy atom. The van der Waals surface area contributed by atoms with E-state index in [1.165, 1.54) is 17.4 Å². The van der Waals surface area contributed by atoms with Crippen LogP contribution in [-0.4, -0.2) is 4.98 Å². The third-order valence-electron chi connectivity index (χ3n) is 2.40. The van der Waals surface area contributed by atoms with E-state index >= 15 is 0 Å². The van der Waals surface area contributed by atoms with Crippen LogP contribution in [0.2, 0.25) is 5.02 Å². The van der Waals surface area contributed by atoms with Crippen molar-refractivity contribution in [3.8, 4) is 0 Å². The lowest BCUT2D eigenvalue weighted by molar-refractivity contribution is 0.631. The lowest BCUT2D eigenvalue weighted by atomic mass is 10.2. The zero-order valence-corrected chi connectivity index (χ0v) is 10.7. The molecule has 0 spiro atoms. The lowest BCUT2D eigenvalue weighted by Crippen LogP contribution is -2.05. The first kappa shape index (κ1) is 12.1. The molecule has 0 aliphatic carbocycles. The van der Waals surface area contributed by atoms with Gasteiger partial charge in [0.2, 0.25) is 0 Å². The standard InChI is InChI=1S/C11H11ClFN3S/c1-6-9(17-5-16-6)4-15-11-8(14)3-2-7(12)10(11)13/h2-3,5,15H,4,14H2,1H3. The summed E-state index contributed by atoms with van der Waals surface area (Å²) in [7, 11) is 0. The summed E-state index contributed by atoms with van der Waals surface area (Å²) in [6.45, 7) is 2.39. The molecule has 0 aliphatic heterocycles. The van der Waals surface area contributed by atoms with Gasteiger partial charge in [0, 0.05) is 4.88 Å². The van der Waals surface area contributed by atoms with Crippen molar-refractivity contribution in [3.63, 3.8) is 0 Å². The summed E-state index contributed by atoms with van der Waals surface area (Å²) in [5, 5.41) is 3.01. The number of aromatic nitrogens is 1. The van der Waals surface area contributed by atoms with Gasteiger partial charge in [-0.15, -0.1) is 11.3 Å². The van der Waals surface area contributed by atoms with E-state index < -0.39 is 5.82 Å². The summed E-state index contributed by atoms with van der Waals surface area (Å²) in [6.07, 6.45) is 0. The summed E-state index contributed by atoms with van der Waals surface area (Å²) < 4.78 is 13.7. The normalized spacial score (nSPS) is 10.5. The molecule has 0 aliphatic rings. The van der Waals surface area contributed by atoms with E-state index in [1.807, 2.05) is 6.92 Å². The van der Waals surface area contributed by atoms with Crippen molar-refractivity contribution in [2.45, 2.75) is 13.5 Å². The third-order valence-corrected chi connectivity index (χ3v) is 3.62. The quantitative estimate of drug-likeness (QED) is 0.841. The number of nitrogens with one attached hydrogen (secondary N) is 1. The van der Waals surface area contributed by atoms with Crippen LogP contribution in [0.15, 0.2) is 17.6 Å². The Bertz CT molecular complexity index is 542. The van der Waals surface area contributed by atoms with E-state index in [2.05, 4.69) is 10.3 Å². The maximum absolute atomic E-state index is 13.7. The Kier molecular flexibility index (Phi) is 3.49. The zero-order valence-electron chi connectivity index (χ0n) is 9.13.